The third-order valence-corrected chi connectivity index (χ3v) is 3.56. The Hall–Kier alpha value is -2.96. The number of nitrogens with zero attached hydrogens (tertiary/aromatic N) is 2. The van der Waals surface area contributed by atoms with Crippen LogP contribution in [-0.4, -0.2) is 24.0 Å². The fraction of sp³-hybridized carbons (Fsp3) is 0.278. The van der Waals surface area contributed by atoms with Crippen LogP contribution in [-0.2, 0) is 13.0 Å². The van der Waals surface area contributed by atoms with Gasteiger partial charge in [0.2, 0.25) is 0 Å². The maximum absolute atomic E-state index is 12.9. The fourth-order valence-corrected chi connectivity index (χ4v) is 2.30. The Morgan fingerprint density at radius 2 is 1.88 bits per heavy atom. The highest BCUT2D eigenvalue weighted by molar-refractivity contribution is 5.79. The minimum Gasteiger partial charge on any atom is -0.357 e. The first-order chi connectivity index (χ1) is 12.1. The molecule has 0 fully saturated rings. The number of nitro benzene ring substituents is 1. The lowest BCUT2D eigenvalue weighted by Crippen LogP contribution is -2.38. The van der Waals surface area contributed by atoms with Crippen molar-refractivity contribution >= 4 is 11.6 Å². The summed E-state index contributed by atoms with van der Waals surface area (Å²) in [6, 6.07) is 12.9. The van der Waals surface area contributed by atoms with E-state index in [1.807, 2.05) is 6.92 Å². The van der Waals surface area contributed by atoms with E-state index >= 15 is 0 Å². The number of aliphatic imine (C=N–C) groups is 1. The molecule has 0 amide bonds. The maximum Gasteiger partial charge on any atom is 0.274 e. The number of benzene rings is 2. The van der Waals surface area contributed by atoms with Gasteiger partial charge in [0.1, 0.15) is 5.82 Å². The van der Waals surface area contributed by atoms with Gasteiger partial charge in [-0.1, -0.05) is 30.3 Å². The summed E-state index contributed by atoms with van der Waals surface area (Å²) in [5.74, 6) is 0.332. The van der Waals surface area contributed by atoms with Gasteiger partial charge in [0.05, 0.1) is 17.0 Å². The number of rotatable bonds is 7. The summed E-state index contributed by atoms with van der Waals surface area (Å²) in [6.45, 7) is 3.46. The van der Waals surface area contributed by atoms with E-state index in [-0.39, 0.29) is 18.0 Å². The van der Waals surface area contributed by atoms with Crippen LogP contribution < -0.4 is 10.6 Å². The van der Waals surface area contributed by atoms with Crippen LogP contribution >= 0.6 is 0 Å². The molecular formula is C18H21FN4O2. The third kappa shape index (κ3) is 5.87. The summed E-state index contributed by atoms with van der Waals surface area (Å²) in [7, 11) is 0. The number of hydrogen-bond acceptors (Lipinski definition) is 3. The molecule has 0 heterocycles. The summed E-state index contributed by atoms with van der Waals surface area (Å²) < 4.78 is 12.9. The lowest BCUT2D eigenvalue weighted by atomic mass is 10.1. The van der Waals surface area contributed by atoms with Crippen molar-refractivity contribution in [3.63, 3.8) is 0 Å². The first kappa shape index (κ1) is 18.4. The van der Waals surface area contributed by atoms with Crippen molar-refractivity contribution in [2.75, 3.05) is 13.1 Å². The number of guanidine groups is 1. The number of halogens is 1. The molecule has 0 aromatic heterocycles. The van der Waals surface area contributed by atoms with E-state index in [0.29, 0.717) is 24.6 Å². The molecule has 0 saturated heterocycles. The van der Waals surface area contributed by atoms with Gasteiger partial charge >= 0.3 is 0 Å². The summed E-state index contributed by atoms with van der Waals surface area (Å²) in [5, 5.41) is 17.3. The van der Waals surface area contributed by atoms with Crippen molar-refractivity contribution < 1.29 is 9.31 Å². The topological polar surface area (TPSA) is 79.6 Å². The quantitative estimate of drug-likeness (QED) is 0.350. The molecule has 25 heavy (non-hydrogen) atoms. The molecule has 0 spiro atoms. The average Bonchev–Trinajstić information content (AvgIpc) is 2.61. The van der Waals surface area contributed by atoms with E-state index in [0.717, 1.165) is 12.0 Å². The zero-order valence-corrected chi connectivity index (χ0v) is 14.0. The summed E-state index contributed by atoms with van der Waals surface area (Å²) in [4.78, 5) is 15.0. The Morgan fingerprint density at radius 1 is 1.16 bits per heavy atom. The van der Waals surface area contributed by atoms with Gasteiger partial charge < -0.3 is 10.6 Å². The highest BCUT2D eigenvalue weighted by Gasteiger charge is 2.11. The second-order valence-electron chi connectivity index (χ2n) is 5.38. The molecule has 6 nitrogen and oxygen atoms in total. The number of nitro groups is 1. The van der Waals surface area contributed by atoms with Gasteiger partial charge in [0.25, 0.3) is 5.69 Å². The molecule has 0 aliphatic rings. The van der Waals surface area contributed by atoms with Gasteiger partial charge in [0, 0.05) is 19.2 Å². The van der Waals surface area contributed by atoms with Crippen LogP contribution in [0, 0.1) is 15.9 Å². The lowest BCUT2D eigenvalue weighted by Gasteiger charge is -2.11. The SMILES string of the molecule is CCNC(=NCc1ccccc1[N+](=O)[O-])NCCc1ccc(F)cc1. The van der Waals surface area contributed by atoms with Gasteiger partial charge in [-0.2, -0.15) is 0 Å². The van der Waals surface area contributed by atoms with Gasteiger partial charge in [-0.3, -0.25) is 10.1 Å². The number of nitrogens with one attached hydrogen (secondary N) is 2. The zero-order chi connectivity index (χ0) is 18.1. The molecule has 0 saturated carbocycles. The van der Waals surface area contributed by atoms with Crippen LogP contribution in [0.25, 0.3) is 0 Å². The van der Waals surface area contributed by atoms with E-state index in [4.69, 9.17) is 0 Å². The van der Waals surface area contributed by atoms with Crippen LogP contribution in [0.4, 0.5) is 10.1 Å². The standard InChI is InChI=1S/C18H21FN4O2/c1-2-20-18(21-12-11-14-7-9-16(19)10-8-14)22-13-15-5-3-4-6-17(15)23(24)25/h3-10H,2,11-13H2,1H3,(H2,20,21,22). The van der Waals surface area contributed by atoms with Crippen LogP contribution in [0.1, 0.15) is 18.1 Å². The molecular weight excluding hydrogens is 323 g/mol. The van der Waals surface area contributed by atoms with Crippen molar-refractivity contribution in [2.24, 2.45) is 4.99 Å². The molecule has 0 radical (unpaired) electrons. The molecule has 2 rings (SSSR count). The highest BCUT2D eigenvalue weighted by Crippen LogP contribution is 2.18. The van der Waals surface area contributed by atoms with Crippen molar-refractivity contribution in [2.45, 2.75) is 19.9 Å². The Bertz CT molecular complexity index is 732. The third-order valence-electron chi connectivity index (χ3n) is 3.56. The smallest absolute Gasteiger partial charge is 0.274 e. The molecule has 2 aromatic carbocycles. The first-order valence-electron chi connectivity index (χ1n) is 8.09. The minimum absolute atomic E-state index is 0.0633. The highest BCUT2D eigenvalue weighted by atomic mass is 19.1. The van der Waals surface area contributed by atoms with Gasteiger partial charge in [-0.05, 0) is 31.0 Å². The van der Waals surface area contributed by atoms with Gasteiger partial charge in [0.15, 0.2) is 5.96 Å². The molecule has 0 bridgehead atoms. The van der Waals surface area contributed by atoms with Crippen molar-refractivity contribution in [1.29, 1.82) is 0 Å². The summed E-state index contributed by atoms with van der Waals surface area (Å²) >= 11 is 0. The Kier molecular flexibility index (Phi) is 6.88. The second-order valence-corrected chi connectivity index (χ2v) is 5.38. The molecule has 0 unspecified atom stereocenters. The fourth-order valence-electron chi connectivity index (χ4n) is 2.30. The largest absolute Gasteiger partial charge is 0.357 e. The maximum atomic E-state index is 12.9. The Balaban J connectivity index is 1.96. The predicted octanol–water partition coefficient (Wildman–Crippen LogP) is 3.03. The second kappa shape index (κ2) is 9.36. The molecule has 0 aliphatic heterocycles. The Labute approximate surface area is 145 Å². The van der Waals surface area contributed by atoms with Crippen LogP contribution in [0.2, 0.25) is 0 Å². The average molecular weight is 344 g/mol. The number of hydrogen-bond donors (Lipinski definition) is 2. The van der Waals surface area contributed by atoms with Crippen LogP contribution in [0.3, 0.4) is 0 Å². The van der Waals surface area contributed by atoms with Crippen molar-refractivity contribution in [3.8, 4) is 0 Å². The van der Waals surface area contributed by atoms with Gasteiger partial charge in [-0.25, -0.2) is 9.38 Å². The monoisotopic (exact) mass is 344 g/mol. The zero-order valence-electron chi connectivity index (χ0n) is 14.0. The molecule has 7 heteroatoms. The van der Waals surface area contributed by atoms with E-state index in [9.17, 15) is 14.5 Å². The summed E-state index contributed by atoms with van der Waals surface area (Å²) in [6.07, 6.45) is 0.718. The minimum atomic E-state index is -0.403. The molecule has 0 atom stereocenters. The molecule has 2 N–H and O–H groups in total. The van der Waals surface area contributed by atoms with E-state index in [2.05, 4.69) is 15.6 Å². The van der Waals surface area contributed by atoms with Crippen LogP contribution in [0.15, 0.2) is 53.5 Å². The Morgan fingerprint density at radius 3 is 2.56 bits per heavy atom. The van der Waals surface area contributed by atoms with E-state index in [1.54, 1.807) is 30.3 Å². The molecule has 132 valence electrons. The molecule has 0 aliphatic carbocycles. The lowest BCUT2D eigenvalue weighted by molar-refractivity contribution is -0.385. The summed E-state index contributed by atoms with van der Waals surface area (Å²) in [5.41, 5.74) is 1.64. The first-order valence-corrected chi connectivity index (χ1v) is 8.09. The molecule has 2 aromatic rings. The van der Waals surface area contributed by atoms with Crippen molar-refractivity contribution in [3.05, 3.63) is 75.6 Å². The van der Waals surface area contributed by atoms with Crippen molar-refractivity contribution in [1.82, 2.24) is 10.6 Å². The number of para-hydroxylation sites is 1. The van der Waals surface area contributed by atoms with E-state index < -0.39 is 4.92 Å². The predicted molar refractivity (Wildman–Crippen MR) is 96.0 cm³/mol. The van der Waals surface area contributed by atoms with Gasteiger partial charge in [-0.15, -0.1) is 0 Å². The normalized spacial score (nSPS) is 11.2. The van der Waals surface area contributed by atoms with E-state index in [1.165, 1.54) is 18.2 Å². The van der Waals surface area contributed by atoms with Crippen LogP contribution in [0.5, 0.6) is 0 Å².